The fourth-order valence-corrected chi connectivity index (χ4v) is 3.34. The molecule has 6 heteroatoms. The number of rotatable bonds is 4. The molecular formula is C20H17N3O3. The van der Waals surface area contributed by atoms with Gasteiger partial charge in [0.1, 0.15) is 17.7 Å². The lowest BCUT2D eigenvalue weighted by Gasteiger charge is -2.15. The number of carbonyl (C=O) groups excluding carboxylic acids is 3. The van der Waals surface area contributed by atoms with Crippen LogP contribution in [0.25, 0.3) is 0 Å². The van der Waals surface area contributed by atoms with Crippen molar-refractivity contribution < 1.29 is 14.4 Å². The van der Waals surface area contributed by atoms with Gasteiger partial charge in [0.05, 0.1) is 5.69 Å². The molecule has 0 radical (unpaired) electrons. The minimum Gasteiger partial charge on any atom is -0.296 e. The first-order valence-electron chi connectivity index (χ1n) is 8.41. The fourth-order valence-electron chi connectivity index (χ4n) is 3.34. The van der Waals surface area contributed by atoms with Gasteiger partial charge in [-0.15, -0.1) is 0 Å². The second-order valence-electron chi connectivity index (χ2n) is 6.51. The summed E-state index contributed by atoms with van der Waals surface area (Å²) >= 11 is 0. The summed E-state index contributed by atoms with van der Waals surface area (Å²) in [6.07, 6.45) is 0.149. The average Bonchev–Trinajstić information content (AvgIpc) is 3.18. The van der Waals surface area contributed by atoms with Crippen LogP contribution in [0.2, 0.25) is 0 Å². The number of hydrogen-bond donors (Lipinski definition) is 1. The number of ketones is 1. The van der Waals surface area contributed by atoms with Gasteiger partial charge in [0.2, 0.25) is 5.91 Å². The molecule has 0 unspecified atom stereocenters. The Morgan fingerprint density at radius 3 is 2.42 bits per heavy atom. The van der Waals surface area contributed by atoms with Crippen LogP contribution in [0.4, 0.5) is 5.69 Å². The van der Waals surface area contributed by atoms with Crippen LogP contribution in [0.3, 0.4) is 0 Å². The Balaban J connectivity index is 1.58. The second kappa shape index (κ2) is 6.22. The molecule has 0 aliphatic carbocycles. The number of hydrogen-bond acceptors (Lipinski definition) is 5. The molecule has 2 aliphatic rings. The Bertz CT molecular complexity index is 919. The highest BCUT2D eigenvalue weighted by Crippen LogP contribution is 2.31. The molecule has 2 aromatic rings. The largest absolute Gasteiger partial charge is 0.296 e. The van der Waals surface area contributed by atoms with E-state index in [1.807, 2.05) is 49.4 Å². The van der Waals surface area contributed by atoms with Gasteiger partial charge in [-0.25, -0.2) is 4.90 Å². The van der Waals surface area contributed by atoms with Crippen molar-refractivity contribution in [3.8, 4) is 0 Å². The zero-order valence-electron chi connectivity index (χ0n) is 14.2. The second-order valence-corrected chi connectivity index (χ2v) is 6.51. The molecule has 0 aromatic heterocycles. The number of nitrogens with one attached hydrogen (secondary N) is 1. The predicted molar refractivity (Wildman–Crippen MR) is 96.7 cm³/mol. The number of imide groups is 1. The van der Waals surface area contributed by atoms with E-state index in [9.17, 15) is 14.4 Å². The quantitative estimate of drug-likeness (QED) is 0.853. The maximum absolute atomic E-state index is 12.9. The Kier molecular flexibility index (Phi) is 3.88. The smallest absolute Gasteiger partial charge is 0.259 e. The van der Waals surface area contributed by atoms with E-state index in [4.69, 9.17) is 0 Å². The van der Waals surface area contributed by atoms with E-state index in [0.29, 0.717) is 5.69 Å². The molecule has 2 aromatic carbocycles. The van der Waals surface area contributed by atoms with Gasteiger partial charge in [0, 0.05) is 6.42 Å². The van der Waals surface area contributed by atoms with Crippen molar-refractivity contribution in [3.63, 3.8) is 0 Å². The number of nitrogens with zero attached hydrogens (tertiary/aromatic N) is 2. The van der Waals surface area contributed by atoms with Crippen molar-refractivity contribution in [2.45, 2.75) is 19.4 Å². The average molecular weight is 347 g/mol. The highest BCUT2D eigenvalue weighted by Gasteiger charge is 2.55. The molecule has 130 valence electrons. The van der Waals surface area contributed by atoms with Gasteiger partial charge in [-0.3, -0.25) is 19.8 Å². The maximum Gasteiger partial charge on any atom is 0.259 e. The molecule has 1 fully saturated rings. The lowest BCUT2D eigenvalue weighted by molar-refractivity contribution is -0.122. The molecule has 2 atom stereocenters. The first-order chi connectivity index (χ1) is 12.6. The SMILES string of the molecule is Cc1ccc(N2C(=O)[C@H]3C(C(=O)Cc4ccccc4)=NN[C@@H]3C2=O)cc1. The topological polar surface area (TPSA) is 78.8 Å². The van der Waals surface area contributed by atoms with E-state index in [-0.39, 0.29) is 23.8 Å². The number of amides is 2. The number of fused-ring (bicyclic) bond motifs is 1. The van der Waals surface area contributed by atoms with Crippen molar-refractivity contribution in [2.24, 2.45) is 11.0 Å². The van der Waals surface area contributed by atoms with Crippen LogP contribution in [0, 0.1) is 12.8 Å². The van der Waals surface area contributed by atoms with E-state index in [1.54, 1.807) is 12.1 Å². The number of aryl methyl sites for hydroxylation is 1. The molecule has 1 N–H and O–H groups in total. The van der Waals surface area contributed by atoms with Gasteiger partial charge >= 0.3 is 0 Å². The normalized spacial score (nSPS) is 21.4. The first-order valence-corrected chi connectivity index (χ1v) is 8.41. The van der Waals surface area contributed by atoms with Crippen molar-refractivity contribution >= 4 is 29.0 Å². The molecule has 26 heavy (non-hydrogen) atoms. The van der Waals surface area contributed by atoms with Gasteiger partial charge < -0.3 is 0 Å². The van der Waals surface area contributed by atoms with E-state index in [0.717, 1.165) is 16.0 Å². The van der Waals surface area contributed by atoms with Gasteiger partial charge in [0.25, 0.3) is 5.91 Å². The lowest BCUT2D eigenvalue weighted by atomic mass is 9.93. The van der Waals surface area contributed by atoms with Crippen LogP contribution >= 0.6 is 0 Å². The van der Waals surface area contributed by atoms with Crippen LogP contribution in [0.5, 0.6) is 0 Å². The first kappa shape index (κ1) is 16.2. The highest BCUT2D eigenvalue weighted by molar-refractivity contribution is 6.49. The number of benzene rings is 2. The highest BCUT2D eigenvalue weighted by atomic mass is 16.2. The molecule has 2 aliphatic heterocycles. The summed E-state index contributed by atoms with van der Waals surface area (Å²) in [5.74, 6) is -1.90. The minimum absolute atomic E-state index is 0.131. The maximum atomic E-state index is 12.9. The molecule has 2 amide bonds. The summed E-state index contributed by atoms with van der Waals surface area (Å²) in [4.78, 5) is 39.3. The molecular weight excluding hydrogens is 330 g/mol. The van der Waals surface area contributed by atoms with Crippen LogP contribution in [-0.2, 0) is 20.8 Å². The fraction of sp³-hybridized carbons (Fsp3) is 0.200. The van der Waals surface area contributed by atoms with Crippen LogP contribution in [0.1, 0.15) is 11.1 Å². The number of carbonyl (C=O) groups is 3. The third kappa shape index (κ3) is 2.60. The summed E-state index contributed by atoms with van der Waals surface area (Å²) < 4.78 is 0. The van der Waals surface area contributed by atoms with Crippen LogP contribution in [0.15, 0.2) is 59.7 Å². The summed E-state index contributed by atoms with van der Waals surface area (Å²) in [7, 11) is 0. The Morgan fingerprint density at radius 2 is 1.73 bits per heavy atom. The molecule has 2 heterocycles. The molecule has 4 rings (SSSR count). The predicted octanol–water partition coefficient (Wildman–Crippen LogP) is 1.62. The molecule has 0 saturated carbocycles. The number of Topliss-reactive ketones (excluding diaryl/α,β-unsaturated/α-hetero) is 1. The van der Waals surface area contributed by atoms with Gasteiger partial charge in [-0.1, -0.05) is 48.0 Å². The Morgan fingerprint density at radius 1 is 1.04 bits per heavy atom. The van der Waals surface area contributed by atoms with Crippen molar-refractivity contribution in [1.29, 1.82) is 0 Å². The van der Waals surface area contributed by atoms with Crippen molar-refractivity contribution in [3.05, 3.63) is 65.7 Å². The van der Waals surface area contributed by atoms with Crippen LogP contribution in [-0.4, -0.2) is 29.4 Å². The van der Waals surface area contributed by atoms with Gasteiger partial charge in [-0.2, -0.15) is 5.10 Å². The monoisotopic (exact) mass is 347 g/mol. The molecule has 6 nitrogen and oxygen atoms in total. The van der Waals surface area contributed by atoms with E-state index in [2.05, 4.69) is 10.5 Å². The molecule has 1 saturated heterocycles. The number of hydrazone groups is 1. The lowest BCUT2D eigenvalue weighted by Crippen LogP contribution is -2.36. The summed E-state index contributed by atoms with van der Waals surface area (Å²) in [6.45, 7) is 1.93. The summed E-state index contributed by atoms with van der Waals surface area (Å²) in [5, 5.41) is 4.01. The zero-order valence-corrected chi connectivity index (χ0v) is 14.2. The van der Waals surface area contributed by atoms with E-state index in [1.165, 1.54) is 0 Å². The van der Waals surface area contributed by atoms with E-state index < -0.39 is 17.9 Å². The van der Waals surface area contributed by atoms with Crippen molar-refractivity contribution in [2.75, 3.05) is 4.90 Å². The van der Waals surface area contributed by atoms with Crippen molar-refractivity contribution in [1.82, 2.24) is 5.43 Å². The molecule has 0 spiro atoms. The van der Waals surface area contributed by atoms with Gasteiger partial charge in [-0.05, 0) is 24.6 Å². The Hall–Kier alpha value is -3.28. The Labute approximate surface area is 150 Å². The third-order valence-corrected chi connectivity index (χ3v) is 4.71. The third-order valence-electron chi connectivity index (χ3n) is 4.71. The van der Waals surface area contributed by atoms with Crippen LogP contribution < -0.4 is 10.3 Å². The molecule has 0 bridgehead atoms. The standard InChI is InChI=1S/C20H17N3O3/c1-12-7-9-14(10-8-12)23-19(25)16-17(21-22-18(16)20(23)26)15(24)11-13-5-3-2-4-6-13/h2-10,16,18,22H,11H2,1H3/t16-,18-/m0/s1. The number of anilines is 1. The summed E-state index contributed by atoms with van der Waals surface area (Å²) in [5.41, 5.74) is 5.20. The minimum atomic E-state index is -0.861. The summed E-state index contributed by atoms with van der Waals surface area (Å²) in [6, 6.07) is 15.6. The zero-order chi connectivity index (χ0) is 18.3. The van der Waals surface area contributed by atoms with E-state index >= 15 is 0 Å². The van der Waals surface area contributed by atoms with Gasteiger partial charge in [0.15, 0.2) is 5.78 Å².